The highest BCUT2D eigenvalue weighted by Gasteiger charge is 2.23. The molecule has 0 saturated heterocycles. The number of rotatable bonds is 2. The fraction of sp³-hybridized carbons (Fsp3) is 0.368. The Labute approximate surface area is 158 Å². The van der Waals surface area contributed by atoms with Crippen molar-refractivity contribution in [2.75, 3.05) is 5.32 Å². The summed E-state index contributed by atoms with van der Waals surface area (Å²) in [7, 11) is 0. The lowest BCUT2D eigenvalue weighted by molar-refractivity contribution is 0.0943. The van der Waals surface area contributed by atoms with Gasteiger partial charge in [0.2, 0.25) is 0 Å². The number of hydrazine groups is 1. The summed E-state index contributed by atoms with van der Waals surface area (Å²) in [6, 6.07) is 6.13. The maximum Gasteiger partial charge on any atom is 0.270 e. The Morgan fingerprint density at radius 3 is 2.64 bits per heavy atom. The molecule has 2 aromatic rings. The quantitative estimate of drug-likeness (QED) is 0.547. The van der Waals surface area contributed by atoms with Crippen molar-refractivity contribution in [3.05, 3.63) is 50.7 Å². The zero-order valence-electron chi connectivity index (χ0n) is 14.7. The van der Waals surface area contributed by atoms with Gasteiger partial charge in [-0.05, 0) is 80.1 Å². The van der Waals surface area contributed by atoms with Crippen LogP contribution in [0.25, 0.3) is 0 Å². The molecule has 0 unspecified atom stereocenters. The van der Waals surface area contributed by atoms with E-state index < -0.39 is 0 Å². The Kier molecular flexibility index (Phi) is 5.39. The minimum atomic E-state index is -0.128. The summed E-state index contributed by atoms with van der Waals surface area (Å²) in [4.78, 5) is 13.8. The molecule has 1 aliphatic carbocycles. The van der Waals surface area contributed by atoms with Gasteiger partial charge < -0.3 is 5.32 Å². The molecule has 4 nitrogen and oxygen atoms in total. The molecule has 1 aliphatic rings. The Hall–Kier alpha value is -1.92. The van der Waals surface area contributed by atoms with Crippen LogP contribution in [0.2, 0.25) is 0 Å². The van der Waals surface area contributed by atoms with E-state index in [0.717, 1.165) is 41.6 Å². The first-order valence-electron chi connectivity index (χ1n) is 8.47. The molecule has 132 valence electrons. The van der Waals surface area contributed by atoms with E-state index in [-0.39, 0.29) is 5.91 Å². The molecular formula is C19H23N3OS2. The first-order chi connectivity index (χ1) is 11.9. The van der Waals surface area contributed by atoms with Crippen LogP contribution in [0.15, 0.2) is 23.6 Å². The third-order valence-electron chi connectivity index (χ3n) is 4.42. The van der Waals surface area contributed by atoms with Gasteiger partial charge in [0.15, 0.2) is 5.11 Å². The van der Waals surface area contributed by atoms with Gasteiger partial charge in [-0.2, -0.15) is 0 Å². The summed E-state index contributed by atoms with van der Waals surface area (Å²) in [5.74, 6) is 0.575. The fourth-order valence-corrected chi connectivity index (χ4v) is 4.67. The lowest BCUT2D eigenvalue weighted by Gasteiger charge is -2.19. The van der Waals surface area contributed by atoms with Crippen LogP contribution in [-0.4, -0.2) is 11.0 Å². The summed E-state index contributed by atoms with van der Waals surface area (Å²) < 4.78 is 0. The van der Waals surface area contributed by atoms with Gasteiger partial charge in [0.25, 0.3) is 5.91 Å². The van der Waals surface area contributed by atoms with Gasteiger partial charge in [-0.3, -0.25) is 15.6 Å². The summed E-state index contributed by atoms with van der Waals surface area (Å²) in [6.45, 7) is 6.34. The van der Waals surface area contributed by atoms with Crippen LogP contribution in [0.1, 0.15) is 45.3 Å². The first kappa shape index (κ1) is 17.9. The Morgan fingerprint density at radius 1 is 1.20 bits per heavy atom. The van der Waals surface area contributed by atoms with E-state index in [1.807, 2.05) is 31.4 Å². The van der Waals surface area contributed by atoms with E-state index in [4.69, 9.17) is 12.2 Å². The molecule has 0 fully saturated rings. The molecule has 1 amide bonds. The number of thiophene rings is 1. The SMILES string of the molecule is Cc1cc(C)cc(NC(=S)NNC(=O)c2csc3c2CC[C@@H](C)C3)c1. The molecule has 25 heavy (non-hydrogen) atoms. The molecule has 1 heterocycles. The van der Waals surface area contributed by atoms with Crippen LogP contribution in [-0.2, 0) is 12.8 Å². The molecule has 6 heteroatoms. The highest BCUT2D eigenvalue weighted by atomic mass is 32.1. The van der Waals surface area contributed by atoms with E-state index in [1.54, 1.807) is 11.3 Å². The summed E-state index contributed by atoms with van der Waals surface area (Å²) in [5.41, 5.74) is 10.7. The first-order valence-corrected chi connectivity index (χ1v) is 9.76. The average Bonchev–Trinajstić information content (AvgIpc) is 2.94. The number of hydrogen-bond donors (Lipinski definition) is 3. The van der Waals surface area contributed by atoms with Crippen LogP contribution in [0.3, 0.4) is 0 Å². The second-order valence-corrected chi connectivity index (χ2v) is 8.18. The number of aryl methyl sites for hydroxylation is 2. The number of benzene rings is 1. The van der Waals surface area contributed by atoms with Crippen molar-refractivity contribution in [1.82, 2.24) is 10.9 Å². The molecule has 0 radical (unpaired) electrons. The number of anilines is 1. The lowest BCUT2D eigenvalue weighted by atomic mass is 9.88. The van der Waals surface area contributed by atoms with Crippen molar-refractivity contribution in [2.45, 2.75) is 40.0 Å². The minimum Gasteiger partial charge on any atom is -0.331 e. The van der Waals surface area contributed by atoms with Crippen LogP contribution in [0.5, 0.6) is 0 Å². The lowest BCUT2D eigenvalue weighted by Crippen LogP contribution is -2.44. The van der Waals surface area contributed by atoms with Gasteiger partial charge in [0.05, 0.1) is 5.56 Å². The highest BCUT2D eigenvalue weighted by Crippen LogP contribution is 2.32. The molecule has 0 saturated carbocycles. The van der Waals surface area contributed by atoms with Gasteiger partial charge in [-0.1, -0.05) is 13.0 Å². The van der Waals surface area contributed by atoms with Crippen molar-refractivity contribution in [3.63, 3.8) is 0 Å². The molecule has 1 atom stereocenters. The van der Waals surface area contributed by atoms with Gasteiger partial charge in [-0.15, -0.1) is 11.3 Å². The van der Waals surface area contributed by atoms with Crippen molar-refractivity contribution in [1.29, 1.82) is 0 Å². The van der Waals surface area contributed by atoms with Crippen LogP contribution in [0.4, 0.5) is 5.69 Å². The van der Waals surface area contributed by atoms with Crippen LogP contribution >= 0.6 is 23.6 Å². The van der Waals surface area contributed by atoms with E-state index in [9.17, 15) is 4.79 Å². The van der Waals surface area contributed by atoms with Crippen molar-refractivity contribution < 1.29 is 4.79 Å². The molecule has 0 bridgehead atoms. The molecule has 1 aromatic heterocycles. The van der Waals surface area contributed by atoms with Gasteiger partial charge in [-0.25, -0.2) is 0 Å². The normalized spacial score (nSPS) is 16.0. The zero-order chi connectivity index (χ0) is 18.0. The van der Waals surface area contributed by atoms with E-state index >= 15 is 0 Å². The predicted octanol–water partition coefficient (Wildman–Crippen LogP) is 4.12. The number of thiocarbonyl (C=S) groups is 1. The smallest absolute Gasteiger partial charge is 0.270 e. The number of fused-ring (bicyclic) bond motifs is 1. The zero-order valence-corrected chi connectivity index (χ0v) is 16.4. The van der Waals surface area contributed by atoms with Gasteiger partial charge in [0, 0.05) is 15.9 Å². The molecular weight excluding hydrogens is 350 g/mol. The Balaban J connectivity index is 1.58. The number of nitrogens with one attached hydrogen (secondary N) is 3. The van der Waals surface area contributed by atoms with Crippen molar-refractivity contribution >= 4 is 40.3 Å². The Morgan fingerprint density at radius 2 is 1.92 bits per heavy atom. The van der Waals surface area contributed by atoms with Gasteiger partial charge in [0.1, 0.15) is 0 Å². The standard InChI is InChI=1S/C19H23N3OS2/c1-11-4-5-15-16(10-25-17(15)9-11)18(23)21-22-19(24)20-14-7-12(2)6-13(3)8-14/h6-8,10-11H,4-5,9H2,1-3H3,(H,21,23)(H2,20,22,24)/t11-/m1/s1. The largest absolute Gasteiger partial charge is 0.331 e. The topological polar surface area (TPSA) is 53.2 Å². The van der Waals surface area contributed by atoms with E-state index in [0.29, 0.717) is 11.0 Å². The fourth-order valence-electron chi connectivity index (χ4n) is 3.26. The summed E-state index contributed by atoms with van der Waals surface area (Å²) in [6.07, 6.45) is 3.20. The average molecular weight is 374 g/mol. The third kappa shape index (κ3) is 4.38. The second kappa shape index (κ2) is 7.54. The number of carbonyl (C=O) groups is 1. The predicted molar refractivity (Wildman–Crippen MR) is 108 cm³/mol. The Bertz CT molecular complexity index is 793. The molecule has 0 spiro atoms. The van der Waals surface area contributed by atoms with E-state index in [1.165, 1.54) is 10.4 Å². The summed E-state index contributed by atoms with van der Waals surface area (Å²) >= 11 is 6.96. The molecule has 1 aromatic carbocycles. The summed E-state index contributed by atoms with van der Waals surface area (Å²) in [5, 5.41) is 5.43. The molecule has 3 N–H and O–H groups in total. The van der Waals surface area contributed by atoms with E-state index in [2.05, 4.69) is 29.2 Å². The molecule has 3 rings (SSSR count). The van der Waals surface area contributed by atoms with Crippen molar-refractivity contribution in [3.8, 4) is 0 Å². The van der Waals surface area contributed by atoms with Crippen LogP contribution in [0, 0.1) is 19.8 Å². The minimum absolute atomic E-state index is 0.128. The monoisotopic (exact) mass is 373 g/mol. The highest BCUT2D eigenvalue weighted by molar-refractivity contribution is 7.80. The maximum atomic E-state index is 12.5. The maximum absolute atomic E-state index is 12.5. The number of amides is 1. The number of carbonyl (C=O) groups excluding carboxylic acids is 1. The molecule has 0 aliphatic heterocycles. The second-order valence-electron chi connectivity index (χ2n) is 6.81. The van der Waals surface area contributed by atoms with Crippen molar-refractivity contribution in [2.24, 2.45) is 5.92 Å². The van der Waals surface area contributed by atoms with Gasteiger partial charge >= 0.3 is 0 Å². The third-order valence-corrected chi connectivity index (χ3v) is 5.67. The van der Waals surface area contributed by atoms with Crippen LogP contribution < -0.4 is 16.2 Å². The number of hydrogen-bond acceptors (Lipinski definition) is 3.